The molecule has 0 N–H and O–H groups in total. The molecule has 2 heterocycles. The standard InChI is InChI=1S/C18H14ClFN2O3S2/c1-21(9-12-13(19)5-2-6-14(12)20)16(23)10-22-17(24)15(27-18(22)25)8-11-4-3-7-26-11/h2-8H,9-10H2,1H3/b15-8-. The Morgan fingerprint density at radius 1 is 1.30 bits per heavy atom. The van der Waals surface area contributed by atoms with Crippen molar-refractivity contribution in [3.63, 3.8) is 0 Å². The van der Waals surface area contributed by atoms with Crippen molar-refractivity contribution in [1.29, 1.82) is 0 Å². The van der Waals surface area contributed by atoms with E-state index in [2.05, 4.69) is 0 Å². The fourth-order valence-corrected chi connectivity index (χ4v) is 4.19. The van der Waals surface area contributed by atoms with E-state index in [-0.39, 0.29) is 22.0 Å². The number of hydrogen-bond acceptors (Lipinski definition) is 5. The predicted octanol–water partition coefficient (Wildman–Crippen LogP) is 4.24. The first kappa shape index (κ1) is 19.6. The SMILES string of the molecule is CN(Cc1c(F)cccc1Cl)C(=O)CN1C(=O)S/C(=C\c2cccs2)C1=O. The minimum atomic E-state index is -0.521. The van der Waals surface area contributed by atoms with Gasteiger partial charge in [0.25, 0.3) is 11.1 Å². The van der Waals surface area contributed by atoms with Crippen LogP contribution in [-0.2, 0) is 16.1 Å². The van der Waals surface area contributed by atoms with Gasteiger partial charge in [0.1, 0.15) is 12.4 Å². The molecule has 1 aliphatic heterocycles. The second kappa shape index (κ2) is 8.24. The third-order valence-electron chi connectivity index (χ3n) is 3.87. The van der Waals surface area contributed by atoms with Crippen LogP contribution in [-0.4, -0.2) is 40.4 Å². The van der Waals surface area contributed by atoms with Crippen LogP contribution >= 0.6 is 34.7 Å². The molecule has 0 aliphatic carbocycles. The molecule has 1 aromatic heterocycles. The number of benzene rings is 1. The Morgan fingerprint density at radius 2 is 2.07 bits per heavy atom. The van der Waals surface area contributed by atoms with E-state index < -0.39 is 29.4 Å². The summed E-state index contributed by atoms with van der Waals surface area (Å²) in [7, 11) is 1.46. The summed E-state index contributed by atoms with van der Waals surface area (Å²) in [4.78, 5) is 40.2. The summed E-state index contributed by atoms with van der Waals surface area (Å²) in [6, 6.07) is 7.93. The summed E-state index contributed by atoms with van der Waals surface area (Å²) < 4.78 is 13.9. The molecule has 9 heteroatoms. The largest absolute Gasteiger partial charge is 0.340 e. The molecule has 0 atom stereocenters. The Hall–Kier alpha value is -2.16. The Morgan fingerprint density at radius 3 is 2.74 bits per heavy atom. The highest BCUT2D eigenvalue weighted by Gasteiger charge is 2.37. The number of halogens is 2. The maximum atomic E-state index is 13.9. The number of nitrogens with zero attached hydrogens (tertiary/aromatic N) is 2. The number of hydrogen-bond donors (Lipinski definition) is 0. The van der Waals surface area contributed by atoms with E-state index in [0.717, 1.165) is 21.5 Å². The van der Waals surface area contributed by atoms with E-state index in [1.807, 2.05) is 17.5 Å². The molecular weight excluding hydrogens is 411 g/mol. The molecule has 1 saturated heterocycles. The smallest absolute Gasteiger partial charge is 0.294 e. The van der Waals surface area contributed by atoms with Crippen molar-refractivity contribution in [3.8, 4) is 0 Å². The van der Waals surface area contributed by atoms with Crippen LogP contribution in [0.4, 0.5) is 9.18 Å². The lowest BCUT2D eigenvalue weighted by Crippen LogP contribution is -2.40. The van der Waals surface area contributed by atoms with Crippen molar-refractivity contribution in [1.82, 2.24) is 9.80 Å². The zero-order chi connectivity index (χ0) is 19.6. The van der Waals surface area contributed by atoms with Gasteiger partial charge in [0.15, 0.2) is 0 Å². The summed E-state index contributed by atoms with van der Waals surface area (Å²) >= 11 is 8.21. The molecule has 5 nitrogen and oxygen atoms in total. The van der Waals surface area contributed by atoms with Crippen molar-refractivity contribution >= 4 is 57.8 Å². The van der Waals surface area contributed by atoms with Crippen LogP contribution in [0.5, 0.6) is 0 Å². The fraction of sp³-hybridized carbons (Fsp3) is 0.167. The van der Waals surface area contributed by atoms with Crippen molar-refractivity contribution < 1.29 is 18.8 Å². The third kappa shape index (κ3) is 4.40. The first-order valence-electron chi connectivity index (χ1n) is 7.82. The lowest BCUT2D eigenvalue weighted by molar-refractivity contribution is -0.135. The Labute approximate surface area is 168 Å². The highest BCUT2D eigenvalue weighted by molar-refractivity contribution is 8.18. The van der Waals surface area contributed by atoms with Crippen molar-refractivity contribution in [2.75, 3.05) is 13.6 Å². The monoisotopic (exact) mass is 424 g/mol. The molecule has 1 aromatic carbocycles. The van der Waals surface area contributed by atoms with E-state index >= 15 is 0 Å². The summed E-state index contributed by atoms with van der Waals surface area (Å²) in [5.41, 5.74) is 0.182. The molecule has 1 fully saturated rings. The van der Waals surface area contributed by atoms with Gasteiger partial charge < -0.3 is 4.90 Å². The van der Waals surface area contributed by atoms with Crippen molar-refractivity contribution in [3.05, 3.63) is 61.9 Å². The molecule has 2 aromatic rings. The van der Waals surface area contributed by atoms with Crippen LogP contribution in [0.2, 0.25) is 5.02 Å². The molecule has 0 radical (unpaired) electrons. The van der Waals surface area contributed by atoms with Gasteiger partial charge in [0, 0.05) is 29.1 Å². The quantitative estimate of drug-likeness (QED) is 0.674. The van der Waals surface area contributed by atoms with Crippen LogP contribution in [0.25, 0.3) is 6.08 Å². The van der Waals surface area contributed by atoms with Gasteiger partial charge in [0.2, 0.25) is 5.91 Å². The van der Waals surface area contributed by atoms with Crippen LogP contribution < -0.4 is 0 Å². The number of amides is 3. The molecule has 1 aliphatic rings. The molecule has 140 valence electrons. The molecule has 27 heavy (non-hydrogen) atoms. The van der Waals surface area contributed by atoms with Gasteiger partial charge in [-0.25, -0.2) is 4.39 Å². The van der Waals surface area contributed by atoms with Crippen LogP contribution in [0.1, 0.15) is 10.4 Å². The summed E-state index contributed by atoms with van der Waals surface area (Å²) in [6.07, 6.45) is 1.63. The first-order valence-corrected chi connectivity index (χ1v) is 9.90. The molecule has 3 amide bonds. The minimum Gasteiger partial charge on any atom is -0.340 e. The third-order valence-corrected chi connectivity index (χ3v) is 5.95. The Balaban J connectivity index is 1.68. The lowest BCUT2D eigenvalue weighted by atomic mass is 10.2. The first-order chi connectivity index (χ1) is 12.9. The Bertz CT molecular complexity index is 910. The topological polar surface area (TPSA) is 57.7 Å². The van der Waals surface area contributed by atoms with Crippen LogP contribution in [0.3, 0.4) is 0 Å². The van der Waals surface area contributed by atoms with Gasteiger partial charge in [-0.1, -0.05) is 23.7 Å². The second-order valence-electron chi connectivity index (χ2n) is 5.73. The number of carbonyl (C=O) groups is 3. The van der Waals surface area contributed by atoms with E-state index in [9.17, 15) is 18.8 Å². The van der Waals surface area contributed by atoms with E-state index in [1.54, 1.807) is 6.08 Å². The summed E-state index contributed by atoms with van der Waals surface area (Å²) in [6.45, 7) is -0.472. The van der Waals surface area contributed by atoms with Gasteiger partial charge in [-0.3, -0.25) is 19.3 Å². The van der Waals surface area contributed by atoms with Crippen LogP contribution in [0.15, 0.2) is 40.6 Å². The predicted molar refractivity (Wildman–Crippen MR) is 105 cm³/mol. The number of rotatable bonds is 5. The number of imide groups is 1. The van der Waals surface area contributed by atoms with Gasteiger partial charge in [-0.2, -0.15) is 0 Å². The molecular formula is C18H14ClFN2O3S2. The second-order valence-corrected chi connectivity index (χ2v) is 8.11. The molecule has 0 spiro atoms. The average Bonchev–Trinajstić information content (AvgIpc) is 3.22. The van der Waals surface area contributed by atoms with Gasteiger partial charge in [-0.05, 0) is 41.4 Å². The normalized spacial score (nSPS) is 15.7. The zero-order valence-electron chi connectivity index (χ0n) is 14.1. The van der Waals surface area contributed by atoms with E-state index in [4.69, 9.17) is 11.6 Å². The van der Waals surface area contributed by atoms with Gasteiger partial charge in [0.05, 0.1) is 4.91 Å². The summed E-state index contributed by atoms with van der Waals surface area (Å²) in [5.74, 6) is -1.52. The highest BCUT2D eigenvalue weighted by Crippen LogP contribution is 2.33. The average molecular weight is 425 g/mol. The zero-order valence-corrected chi connectivity index (χ0v) is 16.5. The summed E-state index contributed by atoms with van der Waals surface area (Å²) in [5, 5.41) is 1.57. The number of thioether (sulfide) groups is 1. The minimum absolute atomic E-state index is 0.0639. The highest BCUT2D eigenvalue weighted by atomic mass is 35.5. The number of likely N-dealkylation sites (N-methyl/N-ethyl adjacent to an activating group) is 1. The lowest BCUT2D eigenvalue weighted by Gasteiger charge is -2.21. The van der Waals surface area contributed by atoms with E-state index in [1.165, 1.54) is 41.5 Å². The van der Waals surface area contributed by atoms with Crippen LogP contribution in [0, 0.1) is 5.82 Å². The number of carbonyl (C=O) groups excluding carboxylic acids is 3. The van der Waals surface area contributed by atoms with Crippen molar-refractivity contribution in [2.24, 2.45) is 0 Å². The van der Waals surface area contributed by atoms with Gasteiger partial charge in [-0.15, -0.1) is 11.3 Å². The molecule has 0 bridgehead atoms. The Kier molecular flexibility index (Phi) is 5.98. The molecule has 0 saturated carbocycles. The molecule has 0 unspecified atom stereocenters. The fourth-order valence-electron chi connectivity index (χ4n) is 2.40. The maximum Gasteiger partial charge on any atom is 0.294 e. The van der Waals surface area contributed by atoms with E-state index in [0.29, 0.717) is 0 Å². The maximum absolute atomic E-state index is 13.9. The molecule has 3 rings (SSSR count). The van der Waals surface area contributed by atoms with Crippen molar-refractivity contribution in [2.45, 2.75) is 6.54 Å². The van der Waals surface area contributed by atoms with Gasteiger partial charge >= 0.3 is 0 Å². The number of thiophene rings is 1.